The zero-order valence-electron chi connectivity index (χ0n) is 22.9. The van der Waals surface area contributed by atoms with Gasteiger partial charge in [0.2, 0.25) is 17.7 Å². The molecule has 0 radical (unpaired) electrons. The van der Waals surface area contributed by atoms with Crippen LogP contribution in [0.25, 0.3) is 0 Å². The zero-order chi connectivity index (χ0) is 29.5. The highest BCUT2D eigenvalue weighted by Crippen LogP contribution is 2.30. The Balaban J connectivity index is 0.000000367. The van der Waals surface area contributed by atoms with E-state index in [1.165, 1.54) is 4.90 Å². The van der Waals surface area contributed by atoms with Crippen LogP contribution in [0.3, 0.4) is 0 Å². The Labute approximate surface area is 237 Å². The molecule has 2 aromatic rings. The van der Waals surface area contributed by atoms with Crippen molar-refractivity contribution in [3.8, 4) is 11.5 Å². The Bertz CT molecular complexity index is 1300. The van der Waals surface area contributed by atoms with Crippen molar-refractivity contribution in [2.45, 2.75) is 31.8 Å². The summed E-state index contributed by atoms with van der Waals surface area (Å²) in [6, 6.07) is 14.7. The summed E-state index contributed by atoms with van der Waals surface area (Å²) < 4.78 is 15.8. The first-order valence-electron chi connectivity index (χ1n) is 13.2. The van der Waals surface area contributed by atoms with E-state index in [0.29, 0.717) is 24.5 Å². The predicted molar refractivity (Wildman–Crippen MR) is 144 cm³/mol. The molecule has 0 spiro atoms. The molecule has 3 fully saturated rings. The first kappa shape index (κ1) is 29.4. The summed E-state index contributed by atoms with van der Waals surface area (Å²) in [6.07, 6.45) is 0.0823. The molecule has 3 aliphatic heterocycles. The monoisotopic (exact) mass is 567 g/mol. The highest BCUT2D eigenvalue weighted by Gasteiger charge is 2.44. The van der Waals surface area contributed by atoms with Crippen LogP contribution in [0.15, 0.2) is 48.5 Å². The molecule has 0 aliphatic carbocycles. The van der Waals surface area contributed by atoms with Crippen molar-refractivity contribution in [1.29, 1.82) is 0 Å². The van der Waals surface area contributed by atoms with E-state index in [0.717, 1.165) is 11.1 Å². The molecule has 41 heavy (non-hydrogen) atoms. The van der Waals surface area contributed by atoms with Crippen LogP contribution in [0.4, 0.5) is 4.79 Å². The van der Waals surface area contributed by atoms with Crippen LogP contribution in [-0.4, -0.2) is 84.6 Å². The Morgan fingerprint density at radius 2 is 1.78 bits per heavy atom. The first-order valence-corrected chi connectivity index (χ1v) is 13.2. The number of amides is 4. The molecule has 12 nitrogen and oxygen atoms in total. The zero-order valence-corrected chi connectivity index (χ0v) is 22.9. The smallest absolute Gasteiger partial charge is 0.416 e. The summed E-state index contributed by atoms with van der Waals surface area (Å²) >= 11 is 0. The molecule has 3 aliphatic rings. The van der Waals surface area contributed by atoms with Gasteiger partial charge in [0, 0.05) is 44.1 Å². The van der Waals surface area contributed by atoms with Gasteiger partial charge in [0.1, 0.15) is 18.1 Å². The standard InChI is InChI=1S/C24H26N2O6.C5H7NO3/c1-30-20-9-8-17(21(12-20)31-2)13-25-14-18(11-22(25)27)23(28)26-19(15-32-24(26)29)10-16-6-4-3-5-7-16;7-4-1-3(2-6-4)5(8)9/h3-9,12,18-19H,10-11,13-15H2,1-2H3;3H,1-2H2,(H,6,7)(H,8,9)/t18?,19-;3-/m10/s1. The van der Waals surface area contributed by atoms with Crippen molar-refractivity contribution in [1.82, 2.24) is 15.1 Å². The number of hydrogen-bond acceptors (Lipinski definition) is 8. The third-order valence-electron chi connectivity index (χ3n) is 7.26. The van der Waals surface area contributed by atoms with Crippen LogP contribution in [0.5, 0.6) is 11.5 Å². The molecule has 2 aromatic carbocycles. The van der Waals surface area contributed by atoms with Gasteiger partial charge in [-0.15, -0.1) is 0 Å². The van der Waals surface area contributed by atoms with Crippen molar-refractivity contribution in [3.05, 3.63) is 59.7 Å². The minimum atomic E-state index is -0.895. The molecule has 0 bridgehead atoms. The SMILES string of the molecule is COc1ccc(CN2CC(C(=O)N3C(=O)OC[C@H]3Cc3ccccc3)CC2=O)c(OC)c1.O=C1C[C@H](C(=O)O)CN1. The van der Waals surface area contributed by atoms with Crippen molar-refractivity contribution in [2.75, 3.05) is 33.9 Å². The summed E-state index contributed by atoms with van der Waals surface area (Å²) in [5.41, 5.74) is 1.83. The van der Waals surface area contributed by atoms with E-state index in [1.54, 1.807) is 31.3 Å². The van der Waals surface area contributed by atoms with Crippen molar-refractivity contribution >= 4 is 29.8 Å². The molecule has 3 saturated heterocycles. The van der Waals surface area contributed by atoms with Crippen molar-refractivity contribution in [3.63, 3.8) is 0 Å². The van der Waals surface area contributed by atoms with Gasteiger partial charge in [0.05, 0.1) is 32.1 Å². The number of aliphatic carboxylic acids is 1. The third kappa shape index (κ3) is 7.13. The number of rotatable bonds is 8. The maximum absolute atomic E-state index is 13.2. The molecule has 0 aromatic heterocycles. The summed E-state index contributed by atoms with van der Waals surface area (Å²) in [6.45, 7) is 1.00. The van der Waals surface area contributed by atoms with Gasteiger partial charge in [-0.05, 0) is 24.1 Å². The number of ether oxygens (including phenoxy) is 3. The first-order chi connectivity index (χ1) is 19.7. The lowest BCUT2D eigenvalue weighted by atomic mass is 10.0. The van der Waals surface area contributed by atoms with Crippen molar-refractivity contribution < 1.29 is 43.3 Å². The van der Waals surface area contributed by atoms with E-state index in [9.17, 15) is 24.0 Å². The quantitative estimate of drug-likeness (QED) is 0.487. The van der Waals surface area contributed by atoms with Gasteiger partial charge >= 0.3 is 12.1 Å². The van der Waals surface area contributed by atoms with Gasteiger partial charge in [-0.1, -0.05) is 30.3 Å². The van der Waals surface area contributed by atoms with Gasteiger partial charge in [-0.3, -0.25) is 19.2 Å². The topological polar surface area (TPSA) is 152 Å². The average molecular weight is 568 g/mol. The summed E-state index contributed by atoms with van der Waals surface area (Å²) in [4.78, 5) is 61.6. The van der Waals surface area contributed by atoms with Gasteiger partial charge in [-0.2, -0.15) is 0 Å². The van der Waals surface area contributed by atoms with Crippen LogP contribution in [0, 0.1) is 11.8 Å². The molecule has 5 rings (SSSR count). The second kappa shape index (κ2) is 13.2. The van der Waals surface area contributed by atoms with Crippen LogP contribution >= 0.6 is 0 Å². The van der Waals surface area contributed by atoms with E-state index >= 15 is 0 Å². The van der Waals surface area contributed by atoms with Gasteiger partial charge in [0.25, 0.3) is 0 Å². The molecule has 1 unspecified atom stereocenters. The van der Waals surface area contributed by atoms with Gasteiger partial charge in [0.15, 0.2) is 0 Å². The maximum Gasteiger partial charge on any atom is 0.416 e. The molecule has 12 heteroatoms. The Morgan fingerprint density at radius 3 is 2.39 bits per heavy atom. The Kier molecular flexibility index (Phi) is 9.43. The Hall–Kier alpha value is -4.61. The molecular formula is C29H33N3O9. The average Bonchev–Trinajstić information content (AvgIpc) is 3.68. The second-order valence-corrected chi connectivity index (χ2v) is 10.0. The lowest BCUT2D eigenvalue weighted by Gasteiger charge is -2.23. The third-order valence-corrected chi connectivity index (χ3v) is 7.26. The second-order valence-electron chi connectivity index (χ2n) is 10.0. The maximum atomic E-state index is 13.2. The number of carbonyl (C=O) groups is 5. The van der Waals surface area contributed by atoms with Gasteiger partial charge in [-0.25, -0.2) is 9.69 Å². The Morgan fingerprint density at radius 1 is 1.02 bits per heavy atom. The molecule has 218 valence electrons. The highest BCUT2D eigenvalue weighted by atomic mass is 16.6. The number of benzene rings is 2. The fourth-order valence-electron chi connectivity index (χ4n) is 5.02. The van der Waals surface area contributed by atoms with Crippen LogP contribution in [-0.2, 0) is 36.9 Å². The number of nitrogens with one attached hydrogen (secondary N) is 1. The number of cyclic esters (lactones) is 1. The molecular weight excluding hydrogens is 534 g/mol. The number of carboxylic acids is 1. The molecule has 2 N–H and O–H groups in total. The number of nitrogens with zero attached hydrogens (tertiary/aromatic N) is 2. The molecule has 3 atom stereocenters. The lowest BCUT2D eigenvalue weighted by Crippen LogP contribution is -2.44. The summed E-state index contributed by atoms with van der Waals surface area (Å²) in [5, 5.41) is 10.8. The van der Waals surface area contributed by atoms with Crippen LogP contribution < -0.4 is 14.8 Å². The summed E-state index contributed by atoms with van der Waals surface area (Å²) in [7, 11) is 3.13. The number of hydrogen-bond donors (Lipinski definition) is 2. The number of carbonyl (C=O) groups excluding carboxylic acids is 4. The molecule has 3 heterocycles. The molecule has 0 saturated carbocycles. The van der Waals surface area contributed by atoms with E-state index in [-0.39, 0.29) is 56.3 Å². The lowest BCUT2D eigenvalue weighted by molar-refractivity contribution is -0.141. The van der Waals surface area contributed by atoms with Crippen LogP contribution in [0.1, 0.15) is 24.0 Å². The largest absolute Gasteiger partial charge is 0.497 e. The fourth-order valence-corrected chi connectivity index (χ4v) is 5.02. The predicted octanol–water partition coefficient (Wildman–Crippen LogP) is 1.85. The van der Waals surface area contributed by atoms with Gasteiger partial charge < -0.3 is 29.5 Å². The number of imide groups is 1. The van der Waals surface area contributed by atoms with Crippen LogP contribution in [0.2, 0.25) is 0 Å². The van der Waals surface area contributed by atoms with E-state index in [2.05, 4.69) is 5.32 Å². The summed E-state index contributed by atoms with van der Waals surface area (Å²) in [5.74, 6) is -1.37. The fraction of sp³-hybridized carbons (Fsp3) is 0.414. The van der Waals surface area contributed by atoms with E-state index < -0.39 is 23.9 Å². The molecule has 4 amide bonds. The normalized spacial score (nSPS) is 21.6. The highest BCUT2D eigenvalue weighted by molar-refractivity contribution is 5.98. The number of methoxy groups -OCH3 is 2. The van der Waals surface area contributed by atoms with E-state index in [4.69, 9.17) is 19.3 Å². The number of likely N-dealkylation sites (tertiary alicyclic amines) is 1. The minimum Gasteiger partial charge on any atom is -0.497 e. The van der Waals surface area contributed by atoms with E-state index in [1.807, 2.05) is 36.4 Å². The van der Waals surface area contributed by atoms with Crippen molar-refractivity contribution in [2.24, 2.45) is 11.8 Å². The minimum absolute atomic E-state index is 0.0686. The number of carboxylic acid groups (broad SMARTS) is 1.